The predicted molar refractivity (Wildman–Crippen MR) is 120 cm³/mol. The van der Waals surface area contributed by atoms with Crippen LogP contribution < -0.4 is 10.6 Å². The number of carbonyl (C=O) groups excluding carboxylic acids is 1. The summed E-state index contributed by atoms with van der Waals surface area (Å²) in [5.41, 5.74) is 0. The van der Waals surface area contributed by atoms with Crippen molar-refractivity contribution in [1.29, 1.82) is 0 Å². The van der Waals surface area contributed by atoms with E-state index in [1.165, 1.54) is 64.5 Å². The zero-order valence-electron chi connectivity index (χ0n) is 18.8. The van der Waals surface area contributed by atoms with Crippen molar-refractivity contribution in [2.45, 2.75) is 89.6 Å². The average Bonchev–Trinajstić information content (AvgIpc) is 3.22. The molecule has 2 atom stereocenters. The van der Waals surface area contributed by atoms with Crippen molar-refractivity contribution in [3.63, 3.8) is 0 Å². The molecule has 0 bridgehead atoms. The zero-order valence-corrected chi connectivity index (χ0v) is 18.8. The highest BCUT2D eigenvalue weighted by molar-refractivity contribution is 5.81. The zero-order chi connectivity index (χ0) is 20.5. The minimum absolute atomic E-state index is 0.280. The largest absolute Gasteiger partial charge is 0.356 e. The van der Waals surface area contributed by atoms with Crippen LogP contribution in [0, 0.1) is 5.92 Å². The minimum atomic E-state index is 0.280. The summed E-state index contributed by atoms with van der Waals surface area (Å²) < 4.78 is 0. The second kappa shape index (κ2) is 11.8. The minimum Gasteiger partial charge on any atom is -0.356 e. The SMILES string of the molecule is CN=C(NCCCCN1CCCCC1C)NC1CCN(C(=O)C2CCCCC2)C1. The van der Waals surface area contributed by atoms with Gasteiger partial charge in [-0.05, 0) is 65.0 Å². The summed E-state index contributed by atoms with van der Waals surface area (Å²) in [6, 6.07) is 1.08. The first-order chi connectivity index (χ1) is 14.2. The number of amides is 1. The summed E-state index contributed by atoms with van der Waals surface area (Å²) in [7, 11) is 1.84. The van der Waals surface area contributed by atoms with E-state index < -0.39 is 0 Å². The topological polar surface area (TPSA) is 60.0 Å². The number of guanidine groups is 1. The van der Waals surface area contributed by atoms with Crippen molar-refractivity contribution >= 4 is 11.9 Å². The van der Waals surface area contributed by atoms with Crippen LogP contribution in [0.2, 0.25) is 0 Å². The molecule has 2 unspecified atom stereocenters. The number of nitrogens with one attached hydrogen (secondary N) is 2. The molecule has 0 aromatic heterocycles. The van der Waals surface area contributed by atoms with Gasteiger partial charge in [-0.3, -0.25) is 9.79 Å². The second-order valence-corrected chi connectivity index (χ2v) is 9.34. The van der Waals surface area contributed by atoms with Crippen LogP contribution in [-0.4, -0.2) is 73.5 Å². The fourth-order valence-electron chi connectivity index (χ4n) is 5.21. The smallest absolute Gasteiger partial charge is 0.225 e. The number of rotatable bonds is 7. The molecule has 1 amide bonds. The molecule has 2 aliphatic heterocycles. The van der Waals surface area contributed by atoms with Gasteiger partial charge in [0.05, 0.1) is 0 Å². The first-order valence-electron chi connectivity index (χ1n) is 12.2. The molecule has 2 saturated heterocycles. The Labute approximate surface area is 177 Å². The highest BCUT2D eigenvalue weighted by Gasteiger charge is 2.31. The second-order valence-electron chi connectivity index (χ2n) is 9.34. The number of hydrogen-bond donors (Lipinski definition) is 2. The van der Waals surface area contributed by atoms with E-state index in [0.29, 0.717) is 11.9 Å². The van der Waals surface area contributed by atoms with Gasteiger partial charge in [-0.15, -0.1) is 0 Å². The normalized spacial score (nSPS) is 27.2. The molecular formula is C23H43N5O. The van der Waals surface area contributed by atoms with Gasteiger partial charge in [0.15, 0.2) is 5.96 Å². The van der Waals surface area contributed by atoms with Gasteiger partial charge in [0.25, 0.3) is 0 Å². The summed E-state index contributed by atoms with van der Waals surface area (Å²) >= 11 is 0. The Hall–Kier alpha value is -1.30. The quantitative estimate of drug-likeness (QED) is 0.388. The maximum absolute atomic E-state index is 12.7. The fourth-order valence-corrected chi connectivity index (χ4v) is 5.21. The third-order valence-electron chi connectivity index (χ3n) is 7.12. The van der Waals surface area contributed by atoms with Gasteiger partial charge in [0.2, 0.25) is 5.91 Å². The number of likely N-dealkylation sites (tertiary alicyclic amines) is 2. The van der Waals surface area contributed by atoms with E-state index in [-0.39, 0.29) is 5.92 Å². The van der Waals surface area contributed by atoms with Gasteiger partial charge in [0.1, 0.15) is 0 Å². The van der Waals surface area contributed by atoms with Crippen molar-refractivity contribution < 1.29 is 4.79 Å². The molecule has 6 nitrogen and oxygen atoms in total. The molecule has 2 heterocycles. The van der Waals surface area contributed by atoms with E-state index in [2.05, 4.69) is 32.3 Å². The van der Waals surface area contributed by atoms with Crippen molar-refractivity contribution in [2.24, 2.45) is 10.9 Å². The summed E-state index contributed by atoms with van der Waals surface area (Å²) in [5, 5.41) is 7.00. The molecule has 29 heavy (non-hydrogen) atoms. The van der Waals surface area contributed by atoms with E-state index >= 15 is 0 Å². The molecule has 2 N–H and O–H groups in total. The molecule has 0 radical (unpaired) electrons. The van der Waals surface area contributed by atoms with Crippen LogP contribution in [0.25, 0.3) is 0 Å². The Kier molecular flexibility index (Phi) is 9.09. The lowest BCUT2D eigenvalue weighted by atomic mass is 9.88. The van der Waals surface area contributed by atoms with Gasteiger partial charge in [-0.1, -0.05) is 25.7 Å². The van der Waals surface area contributed by atoms with Crippen LogP contribution in [0.1, 0.15) is 77.6 Å². The molecule has 0 aromatic carbocycles. The van der Waals surface area contributed by atoms with Crippen LogP contribution in [0.4, 0.5) is 0 Å². The third kappa shape index (κ3) is 6.87. The maximum atomic E-state index is 12.7. The Morgan fingerprint density at radius 3 is 2.55 bits per heavy atom. The van der Waals surface area contributed by atoms with E-state index in [1.807, 2.05) is 7.05 Å². The standard InChI is InChI=1S/C23H43N5O/c1-19-10-6-8-15-27(19)16-9-7-14-25-23(24-2)26-21-13-17-28(18-21)22(29)20-11-4-3-5-12-20/h19-21H,3-18H2,1-2H3,(H2,24,25,26). The monoisotopic (exact) mass is 405 g/mol. The van der Waals surface area contributed by atoms with Crippen molar-refractivity contribution in [1.82, 2.24) is 20.4 Å². The predicted octanol–water partition coefficient (Wildman–Crippen LogP) is 2.99. The fraction of sp³-hybridized carbons (Fsp3) is 0.913. The highest BCUT2D eigenvalue weighted by Crippen LogP contribution is 2.26. The molecule has 3 aliphatic rings. The molecule has 1 saturated carbocycles. The van der Waals surface area contributed by atoms with E-state index in [4.69, 9.17) is 0 Å². The Morgan fingerprint density at radius 1 is 1.00 bits per heavy atom. The summed E-state index contributed by atoms with van der Waals surface area (Å²) in [6.07, 6.45) is 13.5. The lowest BCUT2D eigenvalue weighted by Gasteiger charge is -2.33. The average molecular weight is 406 g/mol. The van der Waals surface area contributed by atoms with Gasteiger partial charge in [-0.25, -0.2) is 0 Å². The molecule has 3 fully saturated rings. The molecule has 3 rings (SSSR count). The summed E-state index contributed by atoms with van der Waals surface area (Å²) in [6.45, 7) is 7.53. The van der Waals surface area contributed by atoms with Crippen molar-refractivity contribution in [2.75, 3.05) is 39.8 Å². The van der Waals surface area contributed by atoms with Crippen LogP contribution >= 0.6 is 0 Å². The maximum Gasteiger partial charge on any atom is 0.225 e. The van der Waals surface area contributed by atoms with Crippen LogP contribution in [0.5, 0.6) is 0 Å². The summed E-state index contributed by atoms with van der Waals surface area (Å²) in [5.74, 6) is 1.56. The Bertz CT molecular complexity index is 531. The Balaban J connectivity index is 1.30. The van der Waals surface area contributed by atoms with Crippen molar-refractivity contribution in [3.05, 3.63) is 0 Å². The van der Waals surface area contributed by atoms with Gasteiger partial charge >= 0.3 is 0 Å². The molecule has 1 aliphatic carbocycles. The molecule has 0 spiro atoms. The number of nitrogens with zero attached hydrogens (tertiary/aromatic N) is 3. The van der Waals surface area contributed by atoms with E-state index in [9.17, 15) is 4.79 Å². The van der Waals surface area contributed by atoms with Crippen LogP contribution in [0.15, 0.2) is 4.99 Å². The Morgan fingerprint density at radius 2 is 1.79 bits per heavy atom. The van der Waals surface area contributed by atoms with Gasteiger partial charge < -0.3 is 20.4 Å². The van der Waals surface area contributed by atoms with Crippen LogP contribution in [-0.2, 0) is 4.79 Å². The lowest BCUT2D eigenvalue weighted by molar-refractivity contribution is -0.135. The van der Waals surface area contributed by atoms with Gasteiger partial charge in [0, 0.05) is 44.7 Å². The molecule has 6 heteroatoms. The number of carbonyl (C=O) groups is 1. The van der Waals surface area contributed by atoms with Gasteiger partial charge in [-0.2, -0.15) is 0 Å². The molecular weight excluding hydrogens is 362 g/mol. The van der Waals surface area contributed by atoms with E-state index in [0.717, 1.165) is 50.9 Å². The van der Waals surface area contributed by atoms with Crippen molar-refractivity contribution in [3.8, 4) is 0 Å². The summed E-state index contributed by atoms with van der Waals surface area (Å²) in [4.78, 5) is 21.9. The molecule has 166 valence electrons. The van der Waals surface area contributed by atoms with Crippen LogP contribution in [0.3, 0.4) is 0 Å². The number of piperidine rings is 1. The lowest BCUT2D eigenvalue weighted by Crippen LogP contribution is -2.46. The number of hydrogen-bond acceptors (Lipinski definition) is 3. The first kappa shape index (κ1) is 22.4. The number of aliphatic imine (C=N–C) groups is 1. The highest BCUT2D eigenvalue weighted by atomic mass is 16.2. The first-order valence-corrected chi connectivity index (χ1v) is 12.2. The van der Waals surface area contributed by atoms with E-state index in [1.54, 1.807) is 0 Å². The number of unbranched alkanes of at least 4 members (excludes halogenated alkanes) is 1. The third-order valence-corrected chi connectivity index (χ3v) is 7.12. The molecule has 0 aromatic rings.